The molecule has 0 atom stereocenters. The van der Waals surface area contributed by atoms with E-state index in [9.17, 15) is 9.59 Å². The van der Waals surface area contributed by atoms with Crippen LogP contribution >= 0.6 is 46.4 Å². The van der Waals surface area contributed by atoms with Crippen LogP contribution in [0.5, 0.6) is 0 Å². The third-order valence-corrected chi connectivity index (χ3v) is 1.73. The number of carbonyl (C=O) groups excluding carboxylic acids is 2. The quantitative estimate of drug-likeness (QED) is 0.473. The number of rotatable bonds is 2. The van der Waals surface area contributed by atoms with E-state index in [4.69, 9.17) is 46.4 Å². The smallest absolute Gasteiger partial charge is 0.337 e. The second kappa shape index (κ2) is 8.59. The molecule has 0 aliphatic heterocycles. The van der Waals surface area contributed by atoms with Crippen LogP contribution in [-0.4, -0.2) is 22.6 Å². The topological polar surface area (TPSA) is 43.4 Å². The Hall–Kier alpha value is -0.480. The average molecular weight is 318 g/mol. The van der Waals surface area contributed by atoms with Crippen molar-refractivity contribution in [2.45, 2.75) is 4.30 Å². The van der Waals surface area contributed by atoms with E-state index in [-0.39, 0.29) is 5.56 Å². The predicted molar refractivity (Wildman–Crippen MR) is 69.3 cm³/mol. The largest absolute Gasteiger partial charge is 0.465 e. The molecule has 0 saturated carbocycles. The standard InChI is InChI=1S/C9H7ClO3.CHCl3/c1-13-9(12)7-4-2-3-6(5-7)8(10)11;2-1(3)4/h2-5H,1H3;1H. The molecule has 0 aliphatic rings. The minimum absolute atomic E-state index is 0.282. The molecule has 0 fully saturated rings. The van der Waals surface area contributed by atoms with Crippen LogP contribution in [0.2, 0.25) is 0 Å². The monoisotopic (exact) mass is 316 g/mol. The molecule has 0 amide bonds. The summed E-state index contributed by atoms with van der Waals surface area (Å²) in [5, 5.41) is -0.592. The highest BCUT2D eigenvalue weighted by atomic mass is 35.6. The van der Waals surface area contributed by atoms with Crippen molar-refractivity contribution in [3.63, 3.8) is 0 Å². The number of halogens is 4. The van der Waals surface area contributed by atoms with Crippen molar-refractivity contribution >= 4 is 57.6 Å². The van der Waals surface area contributed by atoms with Crippen molar-refractivity contribution in [1.29, 1.82) is 0 Å². The van der Waals surface area contributed by atoms with Crippen molar-refractivity contribution in [2.75, 3.05) is 7.11 Å². The van der Waals surface area contributed by atoms with Crippen molar-refractivity contribution in [1.82, 2.24) is 0 Å². The van der Waals surface area contributed by atoms with Gasteiger partial charge in [-0.3, -0.25) is 4.79 Å². The number of hydrogen-bond donors (Lipinski definition) is 0. The van der Waals surface area contributed by atoms with E-state index in [1.54, 1.807) is 12.1 Å². The molecule has 0 aromatic heterocycles. The molecule has 7 heteroatoms. The number of esters is 1. The average Bonchev–Trinajstić information content (AvgIpc) is 2.27. The first-order chi connectivity index (χ1) is 7.88. The minimum atomic E-state index is -0.750. The fraction of sp³-hybridized carbons (Fsp3) is 0.200. The van der Waals surface area contributed by atoms with Crippen LogP contribution in [0, 0.1) is 0 Å². The summed E-state index contributed by atoms with van der Waals surface area (Å²) in [6, 6.07) is 6.04. The second-order valence-electron chi connectivity index (χ2n) is 2.59. The normalized spacial score (nSPS) is 9.29. The molecule has 17 heavy (non-hydrogen) atoms. The maximum atomic E-state index is 11.0. The summed E-state index contributed by atoms with van der Waals surface area (Å²) in [6.07, 6.45) is 0. The second-order valence-corrected chi connectivity index (χ2v) is 4.92. The lowest BCUT2D eigenvalue weighted by Crippen LogP contribution is -2.02. The van der Waals surface area contributed by atoms with E-state index in [0.29, 0.717) is 5.56 Å². The zero-order valence-corrected chi connectivity index (χ0v) is 11.6. The van der Waals surface area contributed by atoms with Crippen LogP contribution in [0.1, 0.15) is 20.7 Å². The van der Waals surface area contributed by atoms with E-state index >= 15 is 0 Å². The molecule has 0 aliphatic carbocycles. The van der Waals surface area contributed by atoms with Crippen LogP contribution in [0.25, 0.3) is 0 Å². The van der Waals surface area contributed by atoms with Gasteiger partial charge in [-0.1, -0.05) is 46.9 Å². The summed E-state index contributed by atoms with van der Waals surface area (Å²) in [4.78, 5) is 21.7. The Balaban J connectivity index is 0.000000557. The lowest BCUT2D eigenvalue weighted by atomic mass is 10.1. The number of ether oxygens (including phenoxy) is 1. The Morgan fingerprint density at radius 1 is 1.18 bits per heavy atom. The van der Waals surface area contributed by atoms with E-state index in [1.807, 2.05) is 0 Å². The highest BCUT2D eigenvalue weighted by Crippen LogP contribution is 2.08. The molecular weight excluding hydrogens is 310 g/mol. The van der Waals surface area contributed by atoms with Gasteiger partial charge < -0.3 is 4.74 Å². The van der Waals surface area contributed by atoms with Crippen LogP contribution in [0.15, 0.2) is 24.3 Å². The van der Waals surface area contributed by atoms with Gasteiger partial charge in [-0.25, -0.2) is 4.79 Å². The van der Waals surface area contributed by atoms with Crippen LogP contribution in [-0.2, 0) is 4.74 Å². The van der Waals surface area contributed by atoms with Crippen molar-refractivity contribution in [2.24, 2.45) is 0 Å². The molecule has 0 spiro atoms. The van der Waals surface area contributed by atoms with Gasteiger partial charge in [0.1, 0.15) is 0 Å². The molecule has 0 radical (unpaired) electrons. The third kappa shape index (κ3) is 7.45. The summed E-state index contributed by atoms with van der Waals surface area (Å²) < 4.78 is 3.73. The Labute approximate surface area is 119 Å². The Kier molecular flexibility index (Phi) is 8.35. The van der Waals surface area contributed by atoms with E-state index in [0.717, 1.165) is 0 Å². The molecule has 94 valence electrons. The van der Waals surface area contributed by atoms with Gasteiger partial charge in [0.2, 0.25) is 0 Å². The molecule has 0 N–H and O–H groups in total. The first kappa shape index (κ1) is 16.5. The van der Waals surface area contributed by atoms with E-state index in [1.165, 1.54) is 19.2 Å². The number of alkyl halides is 3. The highest BCUT2D eigenvalue weighted by molar-refractivity contribution is 6.67. The van der Waals surface area contributed by atoms with Gasteiger partial charge >= 0.3 is 5.97 Å². The first-order valence-corrected chi connectivity index (χ1v) is 5.87. The number of hydrogen-bond acceptors (Lipinski definition) is 3. The molecule has 0 saturated heterocycles. The van der Waals surface area contributed by atoms with Gasteiger partial charge in [0, 0.05) is 5.56 Å². The van der Waals surface area contributed by atoms with Crippen molar-refractivity contribution in [3.8, 4) is 0 Å². The molecule has 0 bridgehead atoms. The van der Waals surface area contributed by atoms with E-state index in [2.05, 4.69) is 4.74 Å². The first-order valence-electron chi connectivity index (χ1n) is 4.19. The molecule has 3 nitrogen and oxygen atoms in total. The summed E-state index contributed by atoms with van der Waals surface area (Å²) >= 11 is 19.6. The lowest BCUT2D eigenvalue weighted by molar-refractivity contribution is 0.0600. The van der Waals surface area contributed by atoms with Crippen LogP contribution in [0.4, 0.5) is 0 Å². The van der Waals surface area contributed by atoms with E-state index < -0.39 is 15.5 Å². The fourth-order valence-electron chi connectivity index (χ4n) is 0.886. The Bertz CT molecular complexity index is 390. The van der Waals surface area contributed by atoms with Gasteiger partial charge in [-0.2, -0.15) is 0 Å². The fourth-order valence-corrected chi connectivity index (χ4v) is 1.00. The number of methoxy groups -OCH3 is 1. The maximum Gasteiger partial charge on any atom is 0.337 e. The summed E-state index contributed by atoms with van der Waals surface area (Å²) in [7, 11) is 1.28. The predicted octanol–water partition coefficient (Wildman–Crippen LogP) is 3.84. The molecule has 1 aromatic rings. The zero-order chi connectivity index (χ0) is 13.4. The Morgan fingerprint density at radius 3 is 2.06 bits per heavy atom. The third-order valence-electron chi connectivity index (χ3n) is 1.51. The van der Waals surface area contributed by atoms with Gasteiger partial charge in [-0.15, -0.1) is 0 Å². The highest BCUT2D eigenvalue weighted by Gasteiger charge is 2.07. The molecule has 1 aromatic carbocycles. The van der Waals surface area contributed by atoms with Gasteiger partial charge in [-0.05, 0) is 23.7 Å². The van der Waals surface area contributed by atoms with Crippen LogP contribution in [0.3, 0.4) is 0 Å². The Morgan fingerprint density at radius 2 is 1.65 bits per heavy atom. The van der Waals surface area contributed by atoms with Gasteiger partial charge in [0.05, 0.1) is 12.7 Å². The van der Waals surface area contributed by atoms with Crippen molar-refractivity contribution in [3.05, 3.63) is 35.4 Å². The maximum absolute atomic E-state index is 11.0. The minimum Gasteiger partial charge on any atom is -0.465 e. The summed E-state index contributed by atoms with van der Waals surface area (Å²) in [5.41, 5.74) is 0.596. The summed E-state index contributed by atoms with van der Waals surface area (Å²) in [5.74, 6) is -0.486. The SMILES string of the molecule is COC(=O)c1cccc(C(=O)Cl)c1.ClC(Cl)Cl. The van der Waals surface area contributed by atoms with Crippen molar-refractivity contribution < 1.29 is 14.3 Å². The van der Waals surface area contributed by atoms with Gasteiger partial charge in [0.15, 0.2) is 4.30 Å². The zero-order valence-electron chi connectivity index (χ0n) is 8.62. The molecule has 0 unspecified atom stereocenters. The molecule has 0 heterocycles. The summed E-state index contributed by atoms with van der Waals surface area (Å²) in [6.45, 7) is 0. The van der Waals surface area contributed by atoms with Crippen LogP contribution < -0.4 is 0 Å². The molecular formula is C10H8Cl4O3. The lowest BCUT2D eigenvalue weighted by Gasteiger charge is -1.99. The van der Waals surface area contributed by atoms with Gasteiger partial charge in [0.25, 0.3) is 5.24 Å². The molecule has 1 rings (SSSR count). The number of benzene rings is 1. The number of carbonyl (C=O) groups is 2.